The molecule has 0 saturated carbocycles. The molecule has 1 N–H and O–H groups in total. The van der Waals surface area contributed by atoms with E-state index < -0.39 is 0 Å². The Hall–Kier alpha value is -3.17. The summed E-state index contributed by atoms with van der Waals surface area (Å²) >= 11 is 0. The lowest BCUT2D eigenvalue weighted by molar-refractivity contribution is -0.117. The summed E-state index contributed by atoms with van der Waals surface area (Å²) in [6.45, 7) is 8.79. The first-order valence-corrected chi connectivity index (χ1v) is 11.6. The first kappa shape index (κ1) is 21.7. The molecule has 9 heteroatoms. The average Bonchev–Trinajstić information content (AvgIpc) is 3.19. The molecule has 2 saturated heterocycles. The van der Waals surface area contributed by atoms with Crippen LogP contribution in [0.15, 0.2) is 36.5 Å². The quantitative estimate of drug-likeness (QED) is 0.637. The molecule has 1 aromatic carbocycles. The van der Waals surface area contributed by atoms with Crippen molar-refractivity contribution in [2.75, 3.05) is 74.1 Å². The van der Waals surface area contributed by atoms with Crippen molar-refractivity contribution in [1.82, 2.24) is 19.4 Å². The average molecular weight is 450 g/mol. The van der Waals surface area contributed by atoms with Gasteiger partial charge in [0.25, 0.3) is 0 Å². The third kappa shape index (κ3) is 4.94. The Bertz CT molecular complexity index is 1130. The lowest BCUT2D eigenvalue weighted by Gasteiger charge is -2.35. The monoisotopic (exact) mass is 449 g/mol. The van der Waals surface area contributed by atoms with Crippen molar-refractivity contribution >= 4 is 34.3 Å². The third-order valence-corrected chi connectivity index (χ3v) is 6.36. The van der Waals surface area contributed by atoms with Gasteiger partial charge in [-0.3, -0.25) is 9.69 Å². The van der Waals surface area contributed by atoms with Gasteiger partial charge in [-0.25, -0.2) is 4.98 Å². The predicted molar refractivity (Wildman–Crippen MR) is 130 cm³/mol. The number of amides is 1. The molecule has 5 rings (SSSR count). The van der Waals surface area contributed by atoms with Crippen LogP contribution in [0.5, 0.6) is 0 Å². The highest BCUT2D eigenvalue weighted by Crippen LogP contribution is 2.21. The summed E-state index contributed by atoms with van der Waals surface area (Å²) in [5.41, 5.74) is 2.96. The lowest BCUT2D eigenvalue weighted by Crippen LogP contribution is -2.49. The first-order valence-electron chi connectivity index (χ1n) is 11.6. The molecular formula is C24H31N7O2. The Balaban J connectivity index is 1.16. The van der Waals surface area contributed by atoms with E-state index in [0.29, 0.717) is 19.8 Å². The zero-order chi connectivity index (χ0) is 22.8. The van der Waals surface area contributed by atoms with Crippen molar-refractivity contribution in [3.8, 4) is 0 Å². The molecule has 4 heterocycles. The maximum atomic E-state index is 12.6. The third-order valence-electron chi connectivity index (χ3n) is 6.36. The van der Waals surface area contributed by atoms with E-state index in [1.54, 1.807) is 0 Å². The van der Waals surface area contributed by atoms with Crippen LogP contribution in [-0.4, -0.2) is 84.4 Å². The van der Waals surface area contributed by atoms with Crippen molar-refractivity contribution in [3.63, 3.8) is 0 Å². The number of aromatic nitrogens is 3. The molecule has 0 unspecified atom stereocenters. The minimum atomic E-state index is 0.0196. The minimum Gasteiger partial charge on any atom is -0.378 e. The van der Waals surface area contributed by atoms with Crippen LogP contribution < -0.4 is 15.1 Å². The van der Waals surface area contributed by atoms with E-state index >= 15 is 0 Å². The van der Waals surface area contributed by atoms with Crippen LogP contribution in [0.25, 0.3) is 10.9 Å². The molecule has 0 radical (unpaired) electrons. The summed E-state index contributed by atoms with van der Waals surface area (Å²) in [6.07, 6.45) is 2.03. The van der Waals surface area contributed by atoms with Gasteiger partial charge in [0.15, 0.2) is 0 Å². The Labute approximate surface area is 194 Å². The number of nitrogens with zero attached hydrogens (tertiary/aromatic N) is 6. The van der Waals surface area contributed by atoms with Gasteiger partial charge in [0, 0.05) is 80.9 Å². The summed E-state index contributed by atoms with van der Waals surface area (Å²) in [5, 5.41) is 4.17. The van der Waals surface area contributed by atoms with E-state index in [9.17, 15) is 4.79 Å². The van der Waals surface area contributed by atoms with E-state index in [0.717, 1.165) is 73.3 Å². The van der Waals surface area contributed by atoms with Gasteiger partial charge in [-0.2, -0.15) is 4.98 Å². The first-order chi connectivity index (χ1) is 16.0. The van der Waals surface area contributed by atoms with Gasteiger partial charge in [0.2, 0.25) is 11.9 Å². The number of hydrogen-bond donors (Lipinski definition) is 1. The molecule has 0 spiro atoms. The van der Waals surface area contributed by atoms with Crippen LogP contribution in [0.2, 0.25) is 0 Å². The van der Waals surface area contributed by atoms with Crippen molar-refractivity contribution in [1.29, 1.82) is 0 Å². The molecule has 9 nitrogen and oxygen atoms in total. The standard InChI is InChI=1S/C24H31N7O2/c1-18-15-22(27-24(25-18)31-11-13-33-14-12-31)30-9-7-29(8-10-30)17-23(32)26-20-3-4-21-19(16-20)5-6-28(21)2/h3-6,15-16H,7-14,17H2,1-2H3,(H,26,32). The number of carbonyl (C=O) groups is 1. The van der Waals surface area contributed by atoms with Gasteiger partial charge < -0.3 is 24.4 Å². The number of nitrogens with one attached hydrogen (secondary N) is 1. The number of rotatable bonds is 5. The van der Waals surface area contributed by atoms with Gasteiger partial charge in [-0.1, -0.05) is 0 Å². The zero-order valence-corrected chi connectivity index (χ0v) is 19.3. The number of benzene rings is 1. The zero-order valence-electron chi connectivity index (χ0n) is 19.3. The summed E-state index contributed by atoms with van der Waals surface area (Å²) in [4.78, 5) is 28.8. The molecule has 2 aromatic heterocycles. The SMILES string of the molecule is Cc1cc(N2CCN(CC(=O)Nc3ccc4c(ccn4C)c3)CC2)nc(N2CCOCC2)n1. The molecule has 2 fully saturated rings. The number of anilines is 3. The number of piperazine rings is 1. The van der Waals surface area contributed by atoms with Crippen LogP contribution >= 0.6 is 0 Å². The topological polar surface area (TPSA) is 78.8 Å². The minimum absolute atomic E-state index is 0.0196. The summed E-state index contributed by atoms with van der Waals surface area (Å²) in [6, 6.07) is 10.1. The van der Waals surface area contributed by atoms with Crippen molar-refractivity contribution in [2.45, 2.75) is 6.92 Å². The molecule has 33 heavy (non-hydrogen) atoms. The van der Waals surface area contributed by atoms with Crippen LogP contribution in [-0.2, 0) is 16.6 Å². The summed E-state index contributed by atoms with van der Waals surface area (Å²) < 4.78 is 7.52. The predicted octanol–water partition coefficient (Wildman–Crippen LogP) is 1.87. The Morgan fingerprint density at radius 2 is 1.79 bits per heavy atom. The number of aryl methyl sites for hydroxylation is 2. The Morgan fingerprint density at radius 1 is 1.00 bits per heavy atom. The normalized spacial score (nSPS) is 17.5. The van der Waals surface area contributed by atoms with E-state index in [4.69, 9.17) is 9.72 Å². The molecular weight excluding hydrogens is 418 g/mol. The second-order valence-corrected chi connectivity index (χ2v) is 8.78. The molecule has 0 aliphatic carbocycles. The highest BCUT2D eigenvalue weighted by Gasteiger charge is 2.22. The van der Waals surface area contributed by atoms with Crippen molar-refractivity contribution in [2.24, 2.45) is 7.05 Å². The van der Waals surface area contributed by atoms with Crippen molar-refractivity contribution in [3.05, 3.63) is 42.2 Å². The second-order valence-electron chi connectivity index (χ2n) is 8.78. The number of ether oxygens (including phenoxy) is 1. The fourth-order valence-electron chi connectivity index (χ4n) is 4.50. The van der Waals surface area contributed by atoms with Crippen LogP contribution in [0.4, 0.5) is 17.5 Å². The van der Waals surface area contributed by atoms with E-state index in [2.05, 4.69) is 35.6 Å². The number of hydrogen-bond acceptors (Lipinski definition) is 7. The molecule has 2 aliphatic rings. The molecule has 3 aromatic rings. The van der Waals surface area contributed by atoms with E-state index in [1.807, 2.05) is 44.4 Å². The fraction of sp³-hybridized carbons (Fsp3) is 0.458. The highest BCUT2D eigenvalue weighted by molar-refractivity contribution is 5.95. The molecule has 0 bridgehead atoms. The van der Waals surface area contributed by atoms with Crippen molar-refractivity contribution < 1.29 is 9.53 Å². The molecule has 174 valence electrons. The number of fused-ring (bicyclic) bond motifs is 1. The summed E-state index contributed by atoms with van der Waals surface area (Å²) in [7, 11) is 2.02. The molecule has 1 amide bonds. The van der Waals surface area contributed by atoms with Gasteiger partial charge >= 0.3 is 0 Å². The largest absolute Gasteiger partial charge is 0.378 e. The van der Waals surface area contributed by atoms with Gasteiger partial charge in [-0.05, 0) is 31.2 Å². The van der Waals surface area contributed by atoms with Gasteiger partial charge in [0.1, 0.15) is 5.82 Å². The second kappa shape index (κ2) is 9.36. The van der Waals surface area contributed by atoms with Gasteiger partial charge in [0.05, 0.1) is 19.8 Å². The summed E-state index contributed by atoms with van der Waals surface area (Å²) in [5.74, 6) is 1.76. The fourth-order valence-corrected chi connectivity index (χ4v) is 4.50. The smallest absolute Gasteiger partial charge is 0.238 e. The Kier molecular flexibility index (Phi) is 6.15. The maximum Gasteiger partial charge on any atom is 0.238 e. The highest BCUT2D eigenvalue weighted by atomic mass is 16.5. The maximum absolute atomic E-state index is 12.6. The molecule has 0 atom stereocenters. The number of morpholine rings is 1. The van der Waals surface area contributed by atoms with E-state index in [1.165, 1.54) is 0 Å². The van der Waals surface area contributed by atoms with Crippen LogP contribution in [0.1, 0.15) is 5.69 Å². The lowest BCUT2D eigenvalue weighted by atomic mass is 10.2. The van der Waals surface area contributed by atoms with Crippen LogP contribution in [0, 0.1) is 6.92 Å². The Morgan fingerprint density at radius 3 is 2.58 bits per heavy atom. The number of carbonyl (C=O) groups excluding carboxylic acids is 1. The van der Waals surface area contributed by atoms with Gasteiger partial charge in [-0.15, -0.1) is 0 Å². The van der Waals surface area contributed by atoms with Crippen LogP contribution in [0.3, 0.4) is 0 Å². The van der Waals surface area contributed by atoms with E-state index in [-0.39, 0.29) is 5.91 Å². The molecule has 2 aliphatic heterocycles.